The van der Waals surface area contributed by atoms with Crippen molar-refractivity contribution >= 4 is 23.4 Å². The molecule has 0 saturated carbocycles. The van der Waals surface area contributed by atoms with Gasteiger partial charge in [-0.1, -0.05) is 11.8 Å². The second kappa shape index (κ2) is 3.84. The molecule has 0 aliphatic rings. The van der Waals surface area contributed by atoms with Crippen molar-refractivity contribution in [3.63, 3.8) is 0 Å². The predicted octanol–water partition coefficient (Wildman–Crippen LogP) is 1.35. The molecule has 0 aliphatic carbocycles. The number of rotatable bonds is 1. The van der Waals surface area contributed by atoms with Gasteiger partial charge < -0.3 is 14.9 Å². The monoisotopic (exact) mass is 200 g/mol. The van der Waals surface area contributed by atoms with Crippen molar-refractivity contribution in [2.45, 2.75) is 6.42 Å². The number of nitrogens with zero attached hydrogens (tertiary/aromatic N) is 1. The molecule has 0 aliphatic heterocycles. The third-order valence-corrected chi connectivity index (χ3v) is 1.82. The number of fused-ring (bicyclic) bond motifs is 1. The van der Waals surface area contributed by atoms with Crippen molar-refractivity contribution in [1.82, 2.24) is 4.98 Å². The molecule has 1 aromatic carbocycles. The van der Waals surface area contributed by atoms with Gasteiger partial charge in [0.05, 0.1) is 6.42 Å². The highest BCUT2D eigenvalue weighted by atomic mass is 16.4. The van der Waals surface area contributed by atoms with E-state index in [0.29, 0.717) is 11.1 Å². The number of carbonyl (C=O) groups is 1. The van der Waals surface area contributed by atoms with Crippen molar-refractivity contribution in [2.24, 2.45) is 0 Å². The fraction of sp³-hybridized carbons (Fsp3) is 0.0909. The van der Waals surface area contributed by atoms with Crippen LogP contribution in [0.15, 0.2) is 22.6 Å². The molecule has 1 heterocycles. The molecule has 15 heavy (non-hydrogen) atoms. The number of hydrogen-bond donors (Lipinski definition) is 1. The number of aromatic nitrogens is 1. The largest absolute Gasteiger partial charge is 0.424 e. The summed E-state index contributed by atoms with van der Waals surface area (Å²) in [6.45, 7) is 0. The maximum absolute atomic E-state index is 10.1. The summed E-state index contributed by atoms with van der Waals surface area (Å²) in [5.74, 6) is 5.56. The highest BCUT2D eigenvalue weighted by Gasteiger charge is 2.01. The quantitative estimate of drug-likeness (QED) is 0.557. The molecule has 4 heteroatoms. The molecule has 0 bridgehead atoms. The van der Waals surface area contributed by atoms with Crippen molar-refractivity contribution in [3.8, 4) is 11.8 Å². The van der Waals surface area contributed by atoms with Crippen LogP contribution in [0, 0.1) is 11.8 Å². The Labute approximate surface area is 86.1 Å². The van der Waals surface area contributed by atoms with E-state index >= 15 is 0 Å². The second-order valence-corrected chi connectivity index (χ2v) is 2.91. The molecule has 0 saturated heterocycles. The first-order valence-corrected chi connectivity index (χ1v) is 4.38. The van der Waals surface area contributed by atoms with E-state index in [1.807, 2.05) is 0 Å². The Balaban J connectivity index is 2.39. The molecule has 0 spiro atoms. The second-order valence-electron chi connectivity index (χ2n) is 2.91. The van der Waals surface area contributed by atoms with Crippen molar-refractivity contribution < 1.29 is 9.21 Å². The average molecular weight is 200 g/mol. The van der Waals surface area contributed by atoms with Crippen LogP contribution in [0.4, 0.5) is 6.01 Å². The number of hydrogen-bond acceptors (Lipinski definition) is 4. The standard InChI is InChI=1S/C11H8N2O2/c12-11-13-9-7-8(3-1-2-6-14)4-5-10(9)15-11/h4-7H,2H2,(H2,12,13). The lowest BCUT2D eigenvalue weighted by Crippen LogP contribution is -1.80. The molecule has 2 N–H and O–H groups in total. The summed E-state index contributed by atoms with van der Waals surface area (Å²) in [6.07, 6.45) is 0.999. The predicted molar refractivity (Wildman–Crippen MR) is 56.0 cm³/mol. The molecule has 2 rings (SSSR count). The maximum Gasteiger partial charge on any atom is 0.292 e. The van der Waals surface area contributed by atoms with Gasteiger partial charge in [-0.05, 0) is 18.2 Å². The van der Waals surface area contributed by atoms with Gasteiger partial charge in [0.1, 0.15) is 11.8 Å². The van der Waals surface area contributed by atoms with Crippen LogP contribution < -0.4 is 5.73 Å². The Hall–Kier alpha value is -2.28. The lowest BCUT2D eigenvalue weighted by molar-refractivity contribution is -0.107. The van der Waals surface area contributed by atoms with Gasteiger partial charge in [-0.3, -0.25) is 0 Å². The topological polar surface area (TPSA) is 69.1 Å². The van der Waals surface area contributed by atoms with Gasteiger partial charge >= 0.3 is 0 Å². The van der Waals surface area contributed by atoms with Gasteiger partial charge in [0.2, 0.25) is 0 Å². The first kappa shape index (κ1) is 9.28. The van der Waals surface area contributed by atoms with Gasteiger partial charge in [0.25, 0.3) is 6.01 Å². The van der Waals surface area contributed by atoms with Crippen molar-refractivity contribution in [1.29, 1.82) is 0 Å². The Morgan fingerprint density at radius 1 is 1.53 bits per heavy atom. The van der Waals surface area contributed by atoms with E-state index in [-0.39, 0.29) is 12.4 Å². The normalized spacial score (nSPS) is 9.60. The number of anilines is 1. The zero-order valence-corrected chi connectivity index (χ0v) is 7.86. The Bertz CT molecular complexity index is 561. The third-order valence-electron chi connectivity index (χ3n) is 1.82. The summed E-state index contributed by atoms with van der Waals surface area (Å²) < 4.78 is 5.11. The molecular weight excluding hydrogens is 192 g/mol. The Kier molecular flexibility index (Phi) is 2.38. The summed E-state index contributed by atoms with van der Waals surface area (Å²) in [5, 5.41) is 0. The van der Waals surface area contributed by atoms with Crippen molar-refractivity contribution in [3.05, 3.63) is 23.8 Å². The SMILES string of the molecule is Nc1nc2cc(C#CCC=O)ccc2o1. The number of nitrogen functional groups attached to an aromatic ring is 1. The van der Waals surface area contributed by atoms with E-state index in [0.717, 1.165) is 11.8 Å². The van der Waals surface area contributed by atoms with E-state index in [4.69, 9.17) is 10.2 Å². The van der Waals surface area contributed by atoms with E-state index in [2.05, 4.69) is 16.8 Å². The Morgan fingerprint density at radius 3 is 3.20 bits per heavy atom. The minimum absolute atomic E-state index is 0.142. The zero-order valence-electron chi connectivity index (χ0n) is 7.86. The lowest BCUT2D eigenvalue weighted by Gasteiger charge is -1.88. The molecule has 0 unspecified atom stereocenters. The van der Waals surface area contributed by atoms with Gasteiger partial charge in [-0.15, -0.1) is 0 Å². The van der Waals surface area contributed by atoms with E-state index in [1.54, 1.807) is 18.2 Å². The summed E-state index contributed by atoms with van der Waals surface area (Å²) in [5.41, 5.74) is 7.50. The van der Waals surface area contributed by atoms with Crippen LogP contribution in [0.25, 0.3) is 11.1 Å². The number of nitrogens with two attached hydrogens (primary N) is 1. The average Bonchev–Trinajstić information content (AvgIpc) is 2.57. The number of carbonyl (C=O) groups excluding carboxylic acids is 1. The third kappa shape index (κ3) is 1.97. The highest BCUT2D eigenvalue weighted by Crippen LogP contribution is 2.17. The molecular formula is C11H8N2O2. The Morgan fingerprint density at radius 2 is 2.40 bits per heavy atom. The molecule has 0 atom stereocenters. The van der Waals surface area contributed by atoms with Crippen LogP contribution in [-0.4, -0.2) is 11.3 Å². The van der Waals surface area contributed by atoms with Crippen LogP contribution in [-0.2, 0) is 4.79 Å². The molecule has 2 aromatic rings. The molecule has 0 amide bonds. The minimum Gasteiger partial charge on any atom is -0.424 e. The molecule has 0 radical (unpaired) electrons. The van der Waals surface area contributed by atoms with Crippen LogP contribution in [0.2, 0.25) is 0 Å². The van der Waals surface area contributed by atoms with Crippen LogP contribution in [0.3, 0.4) is 0 Å². The van der Waals surface area contributed by atoms with Crippen LogP contribution in [0.1, 0.15) is 12.0 Å². The first-order chi connectivity index (χ1) is 7.29. The van der Waals surface area contributed by atoms with E-state index < -0.39 is 0 Å². The van der Waals surface area contributed by atoms with Crippen LogP contribution in [0.5, 0.6) is 0 Å². The van der Waals surface area contributed by atoms with Gasteiger partial charge in [-0.2, -0.15) is 4.98 Å². The van der Waals surface area contributed by atoms with Crippen LogP contribution >= 0.6 is 0 Å². The van der Waals surface area contributed by atoms with Gasteiger partial charge in [0, 0.05) is 5.56 Å². The van der Waals surface area contributed by atoms with E-state index in [9.17, 15) is 4.79 Å². The summed E-state index contributed by atoms with van der Waals surface area (Å²) in [4.78, 5) is 14.0. The summed E-state index contributed by atoms with van der Waals surface area (Å²) in [7, 11) is 0. The fourth-order valence-electron chi connectivity index (χ4n) is 1.22. The van der Waals surface area contributed by atoms with E-state index in [1.165, 1.54) is 0 Å². The number of benzene rings is 1. The summed E-state index contributed by atoms with van der Waals surface area (Å²) >= 11 is 0. The summed E-state index contributed by atoms with van der Waals surface area (Å²) in [6, 6.07) is 5.46. The number of aldehydes is 1. The molecule has 0 fully saturated rings. The maximum atomic E-state index is 10.1. The highest BCUT2D eigenvalue weighted by molar-refractivity contribution is 5.76. The molecule has 4 nitrogen and oxygen atoms in total. The smallest absolute Gasteiger partial charge is 0.292 e. The first-order valence-electron chi connectivity index (χ1n) is 4.38. The zero-order chi connectivity index (χ0) is 10.7. The molecule has 74 valence electrons. The number of oxazole rings is 1. The fourth-order valence-corrected chi connectivity index (χ4v) is 1.22. The minimum atomic E-state index is 0.142. The molecule has 1 aromatic heterocycles. The van der Waals surface area contributed by atoms with Crippen molar-refractivity contribution in [2.75, 3.05) is 5.73 Å². The lowest BCUT2D eigenvalue weighted by atomic mass is 10.2. The van der Waals surface area contributed by atoms with Gasteiger partial charge in [-0.25, -0.2) is 0 Å². The van der Waals surface area contributed by atoms with Gasteiger partial charge in [0.15, 0.2) is 5.58 Å².